The van der Waals surface area contributed by atoms with Gasteiger partial charge in [0.2, 0.25) is 0 Å². The van der Waals surface area contributed by atoms with E-state index in [0.29, 0.717) is 0 Å². The molecule has 0 bridgehead atoms. The Kier molecular flexibility index (Phi) is 3.02. The first-order chi connectivity index (χ1) is 8.33. The number of hydrogen-bond donors (Lipinski definition) is 1. The maximum Gasteiger partial charge on any atom is -0.000815 e. The first-order valence-corrected chi connectivity index (χ1v) is 6.77. The lowest BCUT2D eigenvalue weighted by atomic mass is 9.94. The Morgan fingerprint density at radius 3 is 2.71 bits per heavy atom. The van der Waals surface area contributed by atoms with Gasteiger partial charge < -0.3 is 5.32 Å². The molecule has 90 valence electrons. The normalized spacial score (nSPS) is 28.9. The highest BCUT2D eigenvalue weighted by Gasteiger charge is 2.40. The average Bonchev–Trinajstić information content (AvgIpc) is 3.04. The molecule has 1 aliphatic heterocycles. The van der Waals surface area contributed by atoms with Gasteiger partial charge in [0.15, 0.2) is 0 Å². The SMILES string of the molecule is C/C(=C\c1ccccc1)C1CC1CC1CNC1. The van der Waals surface area contributed by atoms with Gasteiger partial charge in [0.25, 0.3) is 0 Å². The quantitative estimate of drug-likeness (QED) is 0.832. The Balaban J connectivity index is 1.57. The molecule has 0 spiro atoms. The fourth-order valence-electron chi connectivity index (χ4n) is 2.93. The monoisotopic (exact) mass is 227 g/mol. The van der Waals surface area contributed by atoms with Gasteiger partial charge in [0.05, 0.1) is 0 Å². The Morgan fingerprint density at radius 1 is 1.29 bits per heavy atom. The second-order valence-corrected chi connectivity index (χ2v) is 5.66. The lowest BCUT2D eigenvalue weighted by molar-refractivity contribution is 0.310. The van der Waals surface area contributed by atoms with E-state index < -0.39 is 0 Å². The summed E-state index contributed by atoms with van der Waals surface area (Å²) < 4.78 is 0. The molecule has 2 aliphatic rings. The smallest absolute Gasteiger partial charge is 0.000815 e. The summed E-state index contributed by atoms with van der Waals surface area (Å²) in [5.41, 5.74) is 2.93. The summed E-state index contributed by atoms with van der Waals surface area (Å²) in [5.74, 6) is 2.81. The molecule has 0 aromatic heterocycles. The third-order valence-electron chi connectivity index (χ3n) is 4.20. The standard InChI is InChI=1S/C16H21N/c1-12(7-13-5-3-2-4-6-13)16-9-15(16)8-14-10-17-11-14/h2-7,14-17H,8-11H2,1H3/b12-7+. The van der Waals surface area contributed by atoms with Gasteiger partial charge in [0, 0.05) is 0 Å². The summed E-state index contributed by atoms with van der Waals surface area (Å²) in [6.45, 7) is 4.81. The van der Waals surface area contributed by atoms with E-state index in [9.17, 15) is 0 Å². The molecule has 1 aromatic carbocycles. The predicted octanol–water partition coefficient (Wildman–Crippen LogP) is 3.34. The summed E-state index contributed by atoms with van der Waals surface area (Å²) in [7, 11) is 0. The van der Waals surface area contributed by atoms with Crippen LogP contribution in [-0.2, 0) is 0 Å². The van der Waals surface area contributed by atoms with Crippen LogP contribution in [0.1, 0.15) is 25.3 Å². The van der Waals surface area contributed by atoms with E-state index >= 15 is 0 Å². The van der Waals surface area contributed by atoms with Gasteiger partial charge in [-0.2, -0.15) is 0 Å². The van der Waals surface area contributed by atoms with Crippen molar-refractivity contribution >= 4 is 6.08 Å². The maximum atomic E-state index is 3.36. The second kappa shape index (κ2) is 4.66. The molecule has 2 unspecified atom stereocenters. The van der Waals surface area contributed by atoms with Crippen molar-refractivity contribution in [3.63, 3.8) is 0 Å². The van der Waals surface area contributed by atoms with Crippen LogP contribution >= 0.6 is 0 Å². The van der Waals surface area contributed by atoms with Crippen LogP contribution < -0.4 is 5.32 Å². The molecule has 1 heterocycles. The first kappa shape index (κ1) is 11.0. The molecule has 1 heteroatoms. The van der Waals surface area contributed by atoms with Crippen molar-refractivity contribution in [3.8, 4) is 0 Å². The number of hydrogen-bond acceptors (Lipinski definition) is 1. The zero-order chi connectivity index (χ0) is 11.7. The molecular weight excluding hydrogens is 206 g/mol. The van der Waals surface area contributed by atoms with Crippen LogP contribution in [0.25, 0.3) is 6.08 Å². The zero-order valence-electron chi connectivity index (χ0n) is 10.5. The fourth-order valence-corrected chi connectivity index (χ4v) is 2.93. The number of allylic oxidation sites excluding steroid dienone is 1. The van der Waals surface area contributed by atoms with E-state index in [2.05, 4.69) is 48.6 Å². The highest BCUT2D eigenvalue weighted by molar-refractivity contribution is 5.53. The van der Waals surface area contributed by atoms with E-state index in [4.69, 9.17) is 0 Å². The third kappa shape index (κ3) is 2.61. The highest BCUT2D eigenvalue weighted by atomic mass is 14.9. The Morgan fingerprint density at radius 2 is 2.06 bits per heavy atom. The van der Waals surface area contributed by atoms with Crippen molar-refractivity contribution in [2.45, 2.75) is 19.8 Å². The Hall–Kier alpha value is -1.08. The predicted molar refractivity (Wildman–Crippen MR) is 72.7 cm³/mol. The fraction of sp³-hybridized carbons (Fsp3) is 0.500. The van der Waals surface area contributed by atoms with E-state index in [1.165, 1.54) is 31.5 Å². The lowest BCUT2D eigenvalue weighted by Gasteiger charge is -2.27. The van der Waals surface area contributed by atoms with Crippen molar-refractivity contribution in [1.82, 2.24) is 5.32 Å². The second-order valence-electron chi connectivity index (χ2n) is 5.66. The maximum absolute atomic E-state index is 3.36. The molecule has 2 fully saturated rings. The van der Waals surface area contributed by atoms with Crippen molar-refractivity contribution in [3.05, 3.63) is 41.5 Å². The summed E-state index contributed by atoms with van der Waals surface area (Å²) in [4.78, 5) is 0. The van der Waals surface area contributed by atoms with Gasteiger partial charge in [-0.25, -0.2) is 0 Å². The van der Waals surface area contributed by atoms with Crippen molar-refractivity contribution in [2.24, 2.45) is 17.8 Å². The van der Waals surface area contributed by atoms with Crippen LogP contribution in [0.5, 0.6) is 0 Å². The van der Waals surface area contributed by atoms with E-state index in [-0.39, 0.29) is 0 Å². The minimum atomic E-state index is 0.871. The number of rotatable bonds is 4. The third-order valence-corrected chi connectivity index (χ3v) is 4.20. The molecule has 1 nitrogen and oxygen atoms in total. The first-order valence-electron chi connectivity index (χ1n) is 6.77. The average molecular weight is 227 g/mol. The van der Waals surface area contributed by atoms with Crippen LogP contribution in [0.2, 0.25) is 0 Å². The Bertz CT molecular complexity index is 403. The van der Waals surface area contributed by atoms with Gasteiger partial charge in [-0.3, -0.25) is 0 Å². The van der Waals surface area contributed by atoms with Gasteiger partial charge in [-0.05, 0) is 56.2 Å². The minimum Gasteiger partial charge on any atom is -0.316 e. The molecular formula is C16H21N. The molecule has 1 saturated carbocycles. The minimum absolute atomic E-state index is 0.871. The number of benzene rings is 1. The molecule has 17 heavy (non-hydrogen) atoms. The van der Waals surface area contributed by atoms with Crippen LogP contribution in [0.3, 0.4) is 0 Å². The van der Waals surface area contributed by atoms with Crippen LogP contribution in [0, 0.1) is 17.8 Å². The molecule has 0 radical (unpaired) electrons. The molecule has 1 aromatic rings. The van der Waals surface area contributed by atoms with Gasteiger partial charge in [0.1, 0.15) is 0 Å². The highest BCUT2D eigenvalue weighted by Crippen LogP contribution is 2.48. The largest absolute Gasteiger partial charge is 0.316 e. The van der Waals surface area contributed by atoms with Crippen LogP contribution in [0.15, 0.2) is 35.9 Å². The lowest BCUT2D eigenvalue weighted by Crippen LogP contribution is -2.42. The molecule has 3 rings (SSSR count). The van der Waals surface area contributed by atoms with Crippen LogP contribution in [0.4, 0.5) is 0 Å². The van der Waals surface area contributed by atoms with Gasteiger partial charge in [-0.1, -0.05) is 42.0 Å². The summed E-state index contributed by atoms with van der Waals surface area (Å²) in [5, 5.41) is 3.36. The molecule has 1 saturated heterocycles. The topological polar surface area (TPSA) is 12.0 Å². The molecule has 0 amide bonds. The summed E-state index contributed by atoms with van der Waals surface area (Å²) in [6.07, 6.45) is 5.23. The van der Waals surface area contributed by atoms with Crippen molar-refractivity contribution in [1.29, 1.82) is 0 Å². The van der Waals surface area contributed by atoms with E-state index in [0.717, 1.165) is 17.8 Å². The summed E-state index contributed by atoms with van der Waals surface area (Å²) >= 11 is 0. The number of nitrogens with one attached hydrogen (secondary N) is 1. The van der Waals surface area contributed by atoms with Crippen molar-refractivity contribution in [2.75, 3.05) is 13.1 Å². The van der Waals surface area contributed by atoms with Gasteiger partial charge >= 0.3 is 0 Å². The van der Waals surface area contributed by atoms with E-state index in [1.807, 2.05) is 0 Å². The molecule has 2 atom stereocenters. The zero-order valence-corrected chi connectivity index (χ0v) is 10.5. The Labute approximate surface area is 104 Å². The molecule has 1 aliphatic carbocycles. The van der Waals surface area contributed by atoms with E-state index in [1.54, 1.807) is 5.57 Å². The summed E-state index contributed by atoms with van der Waals surface area (Å²) in [6, 6.07) is 10.7. The van der Waals surface area contributed by atoms with Crippen LogP contribution in [-0.4, -0.2) is 13.1 Å². The van der Waals surface area contributed by atoms with Gasteiger partial charge in [-0.15, -0.1) is 0 Å². The van der Waals surface area contributed by atoms with Crippen molar-refractivity contribution < 1.29 is 0 Å². The molecule has 1 N–H and O–H groups in total.